The molecule has 0 fully saturated rings. The molecule has 1 aromatic rings. The minimum absolute atomic E-state index is 0.0258. The Balaban J connectivity index is 2.82. The highest BCUT2D eigenvalue weighted by atomic mass is 35.5. The summed E-state index contributed by atoms with van der Waals surface area (Å²) in [6, 6.07) is 3.93. The van der Waals surface area contributed by atoms with Gasteiger partial charge in [0.15, 0.2) is 0 Å². The molecule has 0 bridgehead atoms. The fourth-order valence-electron chi connectivity index (χ4n) is 0.979. The summed E-state index contributed by atoms with van der Waals surface area (Å²) in [7, 11) is 0. The molecule has 0 aliphatic carbocycles. The van der Waals surface area contributed by atoms with Gasteiger partial charge < -0.3 is 5.32 Å². The molecule has 0 heterocycles. The summed E-state index contributed by atoms with van der Waals surface area (Å²) in [5.74, 6) is -1.40. The third-order valence-electron chi connectivity index (χ3n) is 1.69. The zero-order valence-electron chi connectivity index (χ0n) is 8.01. The molecule has 1 aromatic carbocycles. The largest absolute Gasteiger partial charge is 0.345 e. The van der Waals surface area contributed by atoms with Crippen molar-refractivity contribution in [2.75, 3.05) is 6.54 Å². The third kappa shape index (κ3) is 3.02. The van der Waals surface area contributed by atoms with Crippen LogP contribution in [0.15, 0.2) is 18.2 Å². The summed E-state index contributed by atoms with van der Waals surface area (Å²) in [5, 5.41) is 2.09. The lowest BCUT2D eigenvalue weighted by Gasteiger charge is -2.05. The van der Waals surface area contributed by atoms with E-state index in [1.165, 1.54) is 19.1 Å². The monoisotopic (exact) mass is 229 g/mol. The van der Waals surface area contributed by atoms with Crippen LogP contribution in [-0.4, -0.2) is 18.2 Å². The molecule has 0 radical (unpaired) electrons. The van der Waals surface area contributed by atoms with E-state index in [1.807, 2.05) is 0 Å². The van der Waals surface area contributed by atoms with Gasteiger partial charge in [0.05, 0.1) is 17.1 Å². The van der Waals surface area contributed by atoms with Gasteiger partial charge in [0.2, 0.25) is 0 Å². The maximum Gasteiger partial charge on any atom is 0.253 e. The second kappa shape index (κ2) is 4.89. The number of halogens is 2. The third-order valence-corrected chi connectivity index (χ3v) is 2.08. The van der Waals surface area contributed by atoms with E-state index in [9.17, 15) is 14.0 Å². The summed E-state index contributed by atoms with van der Waals surface area (Å²) in [5.41, 5.74) is 0.0258. The van der Waals surface area contributed by atoms with E-state index in [2.05, 4.69) is 5.32 Å². The van der Waals surface area contributed by atoms with E-state index >= 15 is 0 Å². The van der Waals surface area contributed by atoms with Gasteiger partial charge in [0, 0.05) is 0 Å². The van der Waals surface area contributed by atoms with Gasteiger partial charge in [-0.2, -0.15) is 0 Å². The predicted octanol–water partition coefficient (Wildman–Crippen LogP) is 1.80. The standard InChI is InChI=1S/C10H9ClFNO2/c1-6(14)5-13-10(15)7-3-2-4-8(12)9(7)11/h2-4H,5H2,1H3,(H,13,15). The molecule has 1 rings (SSSR count). The van der Waals surface area contributed by atoms with Gasteiger partial charge in [0.1, 0.15) is 11.6 Å². The van der Waals surface area contributed by atoms with Crippen LogP contribution in [0.2, 0.25) is 5.02 Å². The van der Waals surface area contributed by atoms with Crippen molar-refractivity contribution in [2.24, 2.45) is 0 Å². The van der Waals surface area contributed by atoms with Crippen molar-refractivity contribution in [2.45, 2.75) is 6.92 Å². The van der Waals surface area contributed by atoms with Gasteiger partial charge in [-0.1, -0.05) is 17.7 Å². The number of benzene rings is 1. The van der Waals surface area contributed by atoms with Crippen LogP contribution in [0.5, 0.6) is 0 Å². The number of nitrogens with one attached hydrogen (secondary N) is 1. The zero-order valence-corrected chi connectivity index (χ0v) is 8.77. The summed E-state index contributed by atoms with van der Waals surface area (Å²) in [6.45, 7) is 1.25. The lowest BCUT2D eigenvalue weighted by molar-refractivity contribution is -0.116. The summed E-state index contributed by atoms with van der Waals surface area (Å²) in [6.07, 6.45) is 0. The smallest absolute Gasteiger partial charge is 0.253 e. The maximum absolute atomic E-state index is 13.0. The topological polar surface area (TPSA) is 46.2 Å². The number of hydrogen-bond donors (Lipinski definition) is 1. The number of rotatable bonds is 3. The van der Waals surface area contributed by atoms with E-state index in [-0.39, 0.29) is 22.9 Å². The van der Waals surface area contributed by atoms with E-state index in [0.29, 0.717) is 0 Å². The Morgan fingerprint density at radius 1 is 1.47 bits per heavy atom. The van der Waals surface area contributed by atoms with Crippen molar-refractivity contribution >= 4 is 23.3 Å². The van der Waals surface area contributed by atoms with Crippen LogP contribution in [0.4, 0.5) is 4.39 Å². The van der Waals surface area contributed by atoms with Gasteiger partial charge in [0.25, 0.3) is 5.91 Å². The van der Waals surface area contributed by atoms with Crippen molar-refractivity contribution in [1.29, 1.82) is 0 Å². The van der Waals surface area contributed by atoms with Crippen LogP contribution in [-0.2, 0) is 4.79 Å². The van der Waals surface area contributed by atoms with E-state index in [4.69, 9.17) is 11.6 Å². The van der Waals surface area contributed by atoms with Crippen molar-refractivity contribution in [3.8, 4) is 0 Å². The Morgan fingerprint density at radius 3 is 2.73 bits per heavy atom. The van der Waals surface area contributed by atoms with Gasteiger partial charge in [-0.05, 0) is 19.1 Å². The fourth-order valence-corrected chi connectivity index (χ4v) is 1.19. The molecule has 0 saturated heterocycles. The number of amides is 1. The quantitative estimate of drug-likeness (QED) is 0.859. The average molecular weight is 230 g/mol. The second-order valence-electron chi connectivity index (χ2n) is 2.99. The minimum atomic E-state index is -0.660. The molecule has 80 valence electrons. The number of hydrogen-bond acceptors (Lipinski definition) is 2. The molecule has 1 amide bonds. The highest BCUT2D eigenvalue weighted by Gasteiger charge is 2.13. The maximum atomic E-state index is 13.0. The first-order valence-corrected chi connectivity index (χ1v) is 4.62. The van der Waals surface area contributed by atoms with Crippen molar-refractivity contribution < 1.29 is 14.0 Å². The Morgan fingerprint density at radius 2 is 2.13 bits per heavy atom. The Kier molecular flexibility index (Phi) is 3.80. The molecule has 5 heteroatoms. The first-order chi connectivity index (χ1) is 7.02. The molecule has 1 N–H and O–H groups in total. The lowest BCUT2D eigenvalue weighted by atomic mass is 10.2. The van der Waals surface area contributed by atoms with Gasteiger partial charge in [-0.3, -0.25) is 9.59 Å². The molecule has 0 aliphatic heterocycles. The molecule has 0 unspecified atom stereocenters. The average Bonchev–Trinajstić information content (AvgIpc) is 2.18. The molecule has 0 aromatic heterocycles. The van der Waals surface area contributed by atoms with Crippen molar-refractivity contribution in [3.05, 3.63) is 34.6 Å². The number of carbonyl (C=O) groups is 2. The molecule has 0 atom stereocenters. The zero-order chi connectivity index (χ0) is 11.4. The first-order valence-electron chi connectivity index (χ1n) is 4.24. The van der Waals surface area contributed by atoms with Crippen molar-refractivity contribution in [1.82, 2.24) is 5.32 Å². The lowest BCUT2D eigenvalue weighted by Crippen LogP contribution is -2.28. The Labute approximate surface area is 91.2 Å². The van der Waals surface area contributed by atoms with Gasteiger partial charge >= 0.3 is 0 Å². The molecule has 0 aliphatic rings. The summed E-state index contributed by atoms with van der Waals surface area (Å²) < 4.78 is 13.0. The van der Waals surface area contributed by atoms with E-state index < -0.39 is 11.7 Å². The molecule has 15 heavy (non-hydrogen) atoms. The second-order valence-corrected chi connectivity index (χ2v) is 3.36. The van der Waals surface area contributed by atoms with Crippen LogP contribution in [0.3, 0.4) is 0 Å². The van der Waals surface area contributed by atoms with Gasteiger partial charge in [-0.15, -0.1) is 0 Å². The van der Waals surface area contributed by atoms with Crippen LogP contribution in [0.1, 0.15) is 17.3 Å². The molecular weight excluding hydrogens is 221 g/mol. The molecule has 0 spiro atoms. The number of Topliss-reactive ketones (excluding diaryl/α,β-unsaturated/α-hetero) is 1. The first kappa shape index (κ1) is 11.7. The number of carbonyl (C=O) groups excluding carboxylic acids is 2. The Hall–Kier alpha value is -1.42. The fraction of sp³-hybridized carbons (Fsp3) is 0.200. The molecule has 3 nitrogen and oxygen atoms in total. The van der Waals surface area contributed by atoms with Crippen LogP contribution < -0.4 is 5.32 Å². The number of ketones is 1. The Bertz CT molecular complexity index is 406. The van der Waals surface area contributed by atoms with Crippen molar-refractivity contribution in [3.63, 3.8) is 0 Å². The van der Waals surface area contributed by atoms with Crippen LogP contribution in [0.25, 0.3) is 0 Å². The summed E-state index contributed by atoms with van der Waals surface area (Å²) in [4.78, 5) is 22.0. The van der Waals surface area contributed by atoms with Crippen LogP contribution >= 0.6 is 11.6 Å². The van der Waals surface area contributed by atoms with Crippen LogP contribution in [0, 0.1) is 5.82 Å². The van der Waals surface area contributed by atoms with E-state index in [1.54, 1.807) is 0 Å². The minimum Gasteiger partial charge on any atom is -0.345 e. The normalized spacial score (nSPS) is 9.80. The highest BCUT2D eigenvalue weighted by molar-refractivity contribution is 6.34. The summed E-state index contributed by atoms with van der Waals surface area (Å²) >= 11 is 5.58. The molecular formula is C10H9ClFNO2. The SMILES string of the molecule is CC(=O)CNC(=O)c1cccc(F)c1Cl. The van der Waals surface area contributed by atoms with E-state index in [0.717, 1.165) is 6.07 Å². The molecule has 0 saturated carbocycles. The highest BCUT2D eigenvalue weighted by Crippen LogP contribution is 2.19. The van der Waals surface area contributed by atoms with Gasteiger partial charge in [-0.25, -0.2) is 4.39 Å². The predicted molar refractivity (Wildman–Crippen MR) is 54.4 cm³/mol.